The van der Waals surface area contributed by atoms with E-state index in [4.69, 9.17) is 4.74 Å². The molecule has 0 saturated carbocycles. The molecule has 5 nitrogen and oxygen atoms in total. The Balaban J connectivity index is 1.80. The van der Waals surface area contributed by atoms with E-state index in [1.807, 2.05) is 5.38 Å². The SMILES string of the molecule is CCOC(=O)N1CCC(NC(=O)c2cc(S)cs2)CC1. The van der Waals surface area contributed by atoms with Gasteiger partial charge >= 0.3 is 6.09 Å². The van der Waals surface area contributed by atoms with E-state index in [9.17, 15) is 9.59 Å². The van der Waals surface area contributed by atoms with Crippen molar-refractivity contribution >= 4 is 36.0 Å². The number of nitrogens with zero attached hydrogens (tertiary/aromatic N) is 1. The molecular weight excluding hydrogens is 296 g/mol. The maximum absolute atomic E-state index is 12.0. The van der Waals surface area contributed by atoms with Gasteiger partial charge in [0.2, 0.25) is 0 Å². The molecule has 0 unspecified atom stereocenters. The predicted octanol–water partition coefficient (Wildman–Crippen LogP) is 2.39. The first-order chi connectivity index (χ1) is 9.60. The van der Waals surface area contributed by atoms with Crippen molar-refractivity contribution in [2.75, 3.05) is 19.7 Å². The van der Waals surface area contributed by atoms with E-state index in [2.05, 4.69) is 17.9 Å². The highest BCUT2D eigenvalue weighted by Gasteiger charge is 2.25. The van der Waals surface area contributed by atoms with Gasteiger partial charge in [0.05, 0.1) is 11.5 Å². The van der Waals surface area contributed by atoms with E-state index in [1.165, 1.54) is 11.3 Å². The normalized spacial score (nSPS) is 16.0. The van der Waals surface area contributed by atoms with Crippen LogP contribution in [-0.4, -0.2) is 42.6 Å². The molecular formula is C13H18N2O3S2. The number of thiol groups is 1. The van der Waals surface area contributed by atoms with Gasteiger partial charge in [-0.1, -0.05) is 0 Å². The van der Waals surface area contributed by atoms with Crippen LogP contribution in [0.3, 0.4) is 0 Å². The van der Waals surface area contributed by atoms with Crippen molar-refractivity contribution in [1.29, 1.82) is 0 Å². The van der Waals surface area contributed by atoms with Gasteiger partial charge in [0, 0.05) is 29.4 Å². The Morgan fingerprint density at radius 1 is 1.50 bits per heavy atom. The predicted molar refractivity (Wildman–Crippen MR) is 80.7 cm³/mol. The molecule has 0 bridgehead atoms. The Bertz CT molecular complexity index is 482. The number of nitrogens with one attached hydrogen (secondary N) is 1. The standard InChI is InChI=1S/C13H18N2O3S2/c1-2-18-13(17)15-5-3-9(4-6-15)14-12(16)11-7-10(19)8-20-11/h7-9,19H,2-6H2,1H3,(H,14,16). The molecule has 1 N–H and O–H groups in total. The van der Waals surface area contributed by atoms with Gasteiger partial charge in [-0.15, -0.1) is 24.0 Å². The lowest BCUT2D eigenvalue weighted by molar-refractivity contribution is 0.0862. The van der Waals surface area contributed by atoms with Crippen LogP contribution in [0.15, 0.2) is 16.3 Å². The van der Waals surface area contributed by atoms with Gasteiger partial charge in [0.15, 0.2) is 0 Å². The van der Waals surface area contributed by atoms with E-state index < -0.39 is 0 Å². The van der Waals surface area contributed by atoms with Crippen molar-refractivity contribution in [2.24, 2.45) is 0 Å². The van der Waals surface area contributed by atoms with E-state index in [0.29, 0.717) is 24.6 Å². The first-order valence-corrected chi connectivity index (χ1v) is 7.93. The maximum atomic E-state index is 12.0. The number of ether oxygens (including phenoxy) is 1. The zero-order chi connectivity index (χ0) is 14.5. The first kappa shape index (κ1) is 15.2. The summed E-state index contributed by atoms with van der Waals surface area (Å²) in [5.41, 5.74) is 0. The number of hydrogen-bond donors (Lipinski definition) is 2. The van der Waals surface area contributed by atoms with Gasteiger partial charge in [-0.3, -0.25) is 4.79 Å². The quantitative estimate of drug-likeness (QED) is 0.842. The van der Waals surface area contributed by atoms with E-state index in [-0.39, 0.29) is 18.0 Å². The van der Waals surface area contributed by atoms with Crippen LogP contribution in [0.25, 0.3) is 0 Å². The molecule has 0 spiro atoms. The second kappa shape index (κ2) is 6.99. The van der Waals surface area contributed by atoms with Crippen molar-refractivity contribution in [3.05, 3.63) is 16.3 Å². The monoisotopic (exact) mass is 314 g/mol. The summed E-state index contributed by atoms with van der Waals surface area (Å²) in [4.78, 5) is 26.7. The van der Waals surface area contributed by atoms with Crippen LogP contribution in [0, 0.1) is 0 Å². The molecule has 1 saturated heterocycles. The number of rotatable bonds is 3. The molecule has 1 aliphatic heterocycles. The van der Waals surface area contributed by atoms with Crippen LogP contribution in [0.4, 0.5) is 4.79 Å². The zero-order valence-electron chi connectivity index (χ0n) is 11.3. The van der Waals surface area contributed by atoms with Crippen LogP contribution < -0.4 is 5.32 Å². The van der Waals surface area contributed by atoms with E-state index in [0.717, 1.165) is 17.7 Å². The van der Waals surface area contributed by atoms with Gasteiger partial charge in [-0.05, 0) is 25.8 Å². The van der Waals surface area contributed by atoms with E-state index >= 15 is 0 Å². The molecule has 0 radical (unpaired) electrons. The Hall–Kier alpha value is -1.21. The highest BCUT2D eigenvalue weighted by Crippen LogP contribution is 2.18. The molecule has 0 atom stereocenters. The Morgan fingerprint density at radius 3 is 2.75 bits per heavy atom. The number of carbonyl (C=O) groups is 2. The number of carbonyl (C=O) groups excluding carboxylic acids is 2. The molecule has 7 heteroatoms. The Kier molecular flexibility index (Phi) is 5.31. The third kappa shape index (κ3) is 3.89. The van der Waals surface area contributed by atoms with Crippen LogP contribution in [0.2, 0.25) is 0 Å². The number of amides is 2. The lowest BCUT2D eigenvalue weighted by atomic mass is 10.1. The van der Waals surface area contributed by atoms with Crippen molar-refractivity contribution in [2.45, 2.75) is 30.7 Å². The lowest BCUT2D eigenvalue weighted by Crippen LogP contribution is -2.46. The van der Waals surface area contributed by atoms with E-state index in [1.54, 1.807) is 17.9 Å². The summed E-state index contributed by atoms with van der Waals surface area (Å²) in [5, 5.41) is 4.83. The fourth-order valence-corrected chi connectivity index (χ4v) is 3.17. The first-order valence-electron chi connectivity index (χ1n) is 6.60. The second-order valence-corrected chi connectivity index (χ2v) is 6.03. The summed E-state index contributed by atoms with van der Waals surface area (Å²) in [7, 11) is 0. The molecule has 2 heterocycles. The van der Waals surface area contributed by atoms with Crippen molar-refractivity contribution in [3.8, 4) is 0 Å². The average molecular weight is 314 g/mol. The molecule has 110 valence electrons. The smallest absolute Gasteiger partial charge is 0.409 e. The largest absolute Gasteiger partial charge is 0.450 e. The fraction of sp³-hybridized carbons (Fsp3) is 0.538. The third-order valence-electron chi connectivity index (χ3n) is 3.17. The molecule has 0 aliphatic carbocycles. The van der Waals surface area contributed by atoms with Gasteiger partial charge in [0.1, 0.15) is 0 Å². The van der Waals surface area contributed by atoms with Crippen molar-refractivity contribution < 1.29 is 14.3 Å². The highest BCUT2D eigenvalue weighted by molar-refractivity contribution is 7.80. The maximum Gasteiger partial charge on any atom is 0.409 e. The highest BCUT2D eigenvalue weighted by atomic mass is 32.1. The lowest BCUT2D eigenvalue weighted by Gasteiger charge is -2.31. The molecule has 1 aromatic heterocycles. The minimum absolute atomic E-state index is 0.0649. The summed E-state index contributed by atoms with van der Waals surface area (Å²) in [6, 6.07) is 1.87. The second-order valence-electron chi connectivity index (χ2n) is 4.60. The van der Waals surface area contributed by atoms with Crippen molar-refractivity contribution in [3.63, 3.8) is 0 Å². The molecule has 1 fully saturated rings. The minimum atomic E-state index is -0.268. The summed E-state index contributed by atoms with van der Waals surface area (Å²) in [6.07, 6.45) is 1.24. The zero-order valence-corrected chi connectivity index (χ0v) is 13.0. The van der Waals surface area contributed by atoms with Crippen LogP contribution in [0.5, 0.6) is 0 Å². The summed E-state index contributed by atoms with van der Waals surface area (Å²) in [6.45, 7) is 3.42. The number of likely N-dealkylation sites (tertiary alicyclic amines) is 1. The van der Waals surface area contributed by atoms with Crippen LogP contribution >= 0.6 is 24.0 Å². The number of piperidine rings is 1. The number of thiophene rings is 1. The molecule has 20 heavy (non-hydrogen) atoms. The molecule has 1 aliphatic rings. The Labute approximate surface area is 127 Å². The van der Waals surface area contributed by atoms with Crippen LogP contribution in [0.1, 0.15) is 29.4 Å². The van der Waals surface area contributed by atoms with Crippen LogP contribution in [-0.2, 0) is 4.74 Å². The van der Waals surface area contributed by atoms with Gasteiger partial charge in [-0.25, -0.2) is 4.79 Å². The van der Waals surface area contributed by atoms with Gasteiger partial charge in [0.25, 0.3) is 5.91 Å². The number of hydrogen-bond acceptors (Lipinski definition) is 5. The molecule has 2 rings (SSSR count). The van der Waals surface area contributed by atoms with Gasteiger partial charge in [-0.2, -0.15) is 0 Å². The summed E-state index contributed by atoms with van der Waals surface area (Å²) >= 11 is 5.58. The van der Waals surface area contributed by atoms with Gasteiger partial charge < -0.3 is 15.0 Å². The summed E-state index contributed by atoms with van der Waals surface area (Å²) in [5.74, 6) is -0.0649. The average Bonchev–Trinajstić information content (AvgIpc) is 2.86. The fourth-order valence-electron chi connectivity index (χ4n) is 2.12. The molecule has 2 amide bonds. The summed E-state index contributed by atoms with van der Waals surface area (Å²) < 4.78 is 4.96. The Morgan fingerprint density at radius 2 is 2.20 bits per heavy atom. The van der Waals surface area contributed by atoms with Crippen molar-refractivity contribution in [1.82, 2.24) is 10.2 Å². The third-order valence-corrected chi connectivity index (χ3v) is 4.53. The molecule has 0 aromatic carbocycles. The minimum Gasteiger partial charge on any atom is -0.450 e. The molecule has 1 aromatic rings. The topological polar surface area (TPSA) is 58.6 Å².